The lowest BCUT2D eigenvalue weighted by Gasteiger charge is -2.08. The summed E-state index contributed by atoms with van der Waals surface area (Å²) >= 11 is 0. The zero-order valence-electron chi connectivity index (χ0n) is 11.1. The molecule has 0 amide bonds. The first kappa shape index (κ1) is 12.5. The minimum absolute atomic E-state index is 0.298. The summed E-state index contributed by atoms with van der Waals surface area (Å²) in [7, 11) is 0. The predicted molar refractivity (Wildman–Crippen MR) is 78.7 cm³/mol. The fourth-order valence-corrected chi connectivity index (χ4v) is 2.28. The maximum Gasteiger partial charge on any atom is 0.115 e. The van der Waals surface area contributed by atoms with Gasteiger partial charge in [0, 0.05) is 25.4 Å². The van der Waals surface area contributed by atoms with Crippen molar-refractivity contribution in [1.82, 2.24) is 9.55 Å². The molecule has 0 radical (unpaired) electrons. The van der Waals surface area contributed by atoms with E-state index in [1.807, 2.05) is 42.7 Å². The maximum absolute atomic E-state index is 9.52. The molecule has 3 heteroatoms. The van der Waals surface area contributed by atoms with Gasteiger partial charge in [-0.25, -0.2) is 4.98 Å². The number of benzene rings is 2. The van der Waals surface area contributed by atoms with E-state index in [2.05, 4.69) is 21.7 Å². The van der Waals surface area contributed by atoms with Crippen LogP contribution < -0.4 is 0 Å². The second-order valence-electron chi connectivity index (χ2n) is 4.80. The summed E-state index contributed by atoms with van der Waals surface area (Å²) in [6.45, 7) is 0.719. The van der Waals surface area contributed by atoms with Crippen molar-refractivity contribution in [2.75, 3.05) is 0 Å². The first-order chi connectivity index (χ1) is 9.81. The van der Waals surface area contributed by atoms with E-state index in [1.54, 1.807) is 12.1 Å². The highest BCUT2D eigenvalue weighted by Gasteiger charge is 2.05. The zero-order valence-corrected chi connectivity index (χ0v) is 11.1. The summed E-state index contributed by atoms with van der Waals surface area (Å²) in [4.78, 5) is 4.43. The lowest BCUT2D eigenvalue weighted by atomic mass is 10.1. The normalized spacial score (nSPS) is 10.6. The van der Waals surface area contributed by atoms with Gasteiger partial charge in [-0.1, -0.05) is 42.5 Å². The van der Waals surface area contributed by atoms with Gasteiger partial charge in [-0.2, -0.15) is 0 Å². The monoisotopic (exact) mass is 264 g/mol. The topological polar surface area (TPSA) is 38.0 Å². The standard InChI is InChI=1S/C17H16N2O/c20-16-8-4-7-15(11-16)13-19-10-9-18-17(19)12-14-5-2-1-3-6-14/h1-11,20H,12-13H2. The van der Waals surface area contributed by atoms with Crippen molar-refractivity contribution < 1.29 is 5.11 Å². The van der Waals surface area contributed by atoms with Crippen molar-refractivity contribution in [2.24, 2.45) is 0 Å². The van der Waals surface area contributed by atoms with E-state index in [-0.39, 0.29) is 0 Å². The Hall–Kier alpha value is -2.55. The van der Waals surface area contributed by atoms with Crippen LogP contribution in [0.4, 0.5) is 0 Å². The van der Waals surface area contributed by atoms with E-state index in [9.17, 15) is 5.11 Å². The van der Waals surface area contributed by atoms with Crippen molar-refractivity contribution in [3.05, 3.63) is 83.9 Å². The molecule has 0 aliphatic carbocycles. The molecule has 0 fully saturated rings. The SMILES string of the molecule is Oc1cccc(Cn2ccnc2Cc2ccccc2)c1. The van der Waals surface area contributed by atoms with E-state index in [0.717, 1.165) is 24.4 Å². The van der Waals surface area contributed by atoms with Crippen LogP contribution in [-0.4, -0.2) is 14.7 Å². The second-order valence-corrected chi connectivity index (χ2v) is 4.80. The molecule has 0 saturated heterocycles. The molecular formula is C17H16N2O. The highest BCUT2D eigenvalue weighted by Crippen LogP contribution is 2.14. The fourth-order valence-electron chi connectivity index (χ4n) is 2.28. The molecule has 0 saturated carbocycles. The van der Waals surface area contributed by atoms with Gasteiger partial charge in [-0.05, 0) is 23.3 Å². The smallest absolute Gasteiger partial charge is 0.115 e. The number of hydrogen-bond donors (Lipinski definition) is 1. The van der Waals surface area contributed by atoms with Crippen LogP contribution in [0.1, 0.15) is 17.0 Å². The molecule has 3 aromatic rings. The van der Waals surface area contributed by atoms with Gasteiger partial charge in [0.1, 0.15) is 11.6 Å². The Balaban J connectivity index is 1.80. The van der Waals surface area contributed by atoms with Crippen LogP contribution in [0.25, 0.3) is 0 Å². The van der Waals surface area contributed by atoms with Gasteiger partial charge in [-0.3, -0.25) is 0 Å². The predicted octanol–water partition coefficient (Wildman–Crippen LogP) is 3.23. The van der Waals surface area contributed by atoms with Crippen LogP contribution in [-0.2, 0) is 13.0 Å². The number of rotatable bonds is 4. The van der Waals surface area contributed by atoms with Crippen LogP contribution in [0.3, 0.4) is 0 Å². The van der Waals surface area contributed by atoms with E-state index in [4.69, 9.17) is 0 Å². The Bertz CT molecular complexity index is 689. The second kappa shape index (κ2) is 5.61. The van der Waals surface area contributed by atoms with Gasteiger partial charge >= 0.3 is 0 Å². The molecule has 0 atom stereocenters. The fraction of sp³-hybridized carbons (Fsp3) is 0.118. The van der Waals surface area contributed by atoms with E-state index >= 15 is 0 Å². The van der Waals surface area contributed by atoms with Crippen LogP contribution >= 0.6 is 0 Å². The van der Waals surface area contributed by atoms with E-state index < -0.39 is 0 Å². The summed E-state index contributed by atoms with van der Waals surface area (Å²) in [5.41, 5.74) is 2.31. The zero-order chi connectivity index (χ0) is 13.8. The number of aromatic nitrogens is 2. The van der Waals surface area contributed by atoms with Crippen LogP contribution in [0.5, 0.6) is 5.75 Å². The number of phenols is 1. The van der Waals surface area contributed by atoms with Gasteiger partial charge in [0.2, 0.25) is 0 Å². The van der Waals surface area contributed by atoms with Crippen molar-refractivity contribution in [2.45, 2.75) is 13.0 Å². The number of hydrogen-bond acceptors (Lipinski definition) is 2. The molecular weight excluding hydrogens is 248 g/mol. The Kier molecular flexibility index (Phi) is 3.50. The summed E-state index contributed by atoms with van der Waals surface area (Å²) in [6.07, 6.45) is 4.61. The lowest BCUT2D eigenvalue weighted by molar-refractivity contribution is 0.474. The summed E-state index contributed by atoms with van der Waals surface area (Å²) in [5, 5.41) is 9.52. The number of imidazole rings is 1. The molecule has 0 aliphatic rings. The van der Waals surface area contributed by atoms with Crippen LogP contribution in [0.2, 0.25) is 0 Å². The maximum atomic E-state index is 9.52. The molecule has 1 aromatic heterocycles. The molecule has 0 aliphatic heterocycles. The highest BCUT2D eigenvalue weighted by molar-refractivity contribution is 5.28. The number of phenolic OH excluding ortho intramolecular Hbond substituents is 1. The Morgan fingerprint density at radius 2 is 1.75 bits per heavy atom. The summed E-state index contributed by atoms with van der Waals surface area (Å²) < 4.78 is 2.11. The third kappa shape index (κ3) is 2.88. The molecule has 20 heavy (non-hydrogen) atoms. The highest BCUT2D eigenvalue weighted by atomic mass is 16.3. The van der Waals surface area contributed by atoms with Gasteiger partial charge in [0.05, 0.1) is 0 Å². The van der Waals surface area contributed by atoms with Gasteiger partial charge in [0.25, 0.3) is 0 Å². The molecule has 100 valence electrons. The largest absolute Gasteiger partial charge is 0.508 e. The summed E-state index contributed by atoms with van der Waals surface area (Å²) in [5.74, 6) is 1.33. The third-order valence-corrected chi connectivity index (χ3v) is 3.27. The molecule has 1 N–H and O–H groups in total. The first-order valence-electron chi connectivity index (χ1n) is 6.63. The van der Waals surface area contributed by atoms with E-state index in [0.29, 0.717) is 5.75 Å². The Morgan fingerprint density at radius 1 is 0.950 bits per heavy atom. The summed E-state index contributed by atoms with van der Waals surface area (Å²) in [6, 6.07) is 17.6. The molecule has 0 spiro atoms. The van der Waals surface area contributed by atoms with Gasteiger partial charge in [0.15, 0.2) is 0 Å². The van der Waals surface area contributed by atoms with Crippen molar-refractivity contribution in [3.8, 4) is 5.75 Å². The number of aromatic hydroxyl groups is 1. The van der Waals surface area contributed by atoms with Gasteiger partial charge < -0.3 is 9.67 Å². The Morgan fingerprint density at radius 3 is 2.55 bits per heavy atom. The van der Waals surface area contributed by atoms with E-state index in [1.165, 1.54) is 5.56 Å². The van der Waals surface area contributed by atoms with Crippen molar-refractivity contribution in [1.29, 1.82) is 0 Å². The first-order valence-corrected chi connectivity index (χ1v) is 6.63. The minimum Gasteiger partial charge on any atom is -0.508 e. The average molecular weight is 264 g/mol. The lowest BCUT2D eigenvalue weighted by Crippen LogP contribution is -2.05. The molecule has 1 heterocycles. The van der Waals surface area contributed by atoms with Crippen molar-refractivity contribution >= 4 is 0 Å². The average Bonchev–Trinajstić information content (AvgIpc) is 2.87. The number of nitrogens with zero attached hydrogens (tertiary/aromatic N) is 2. The molecule has 2 aromatic carbocycles. The Labute approximate surface area is 118 Å². The van der Waals surface area contributed by atoms with Gasteiger partial charge in [-0.15, -0.1) is 0 Å². The molecule has 0 unspecified atom stereocenters. The molecule has 3 nitrogen and oxygen atoms in total. The van der Waals surface area contributed by atoms with Crippen LogP contribution in [0, 0.1) is 0 Å². The van der Waals surface area contributed by atoms with Crippen LogP contribution in [0.15, 0.2) is 67.0 Å². The van der Waals surface area contributed by atoms with Crippen molar-refractivity contribution in [3.63, 3.8) is 0 Å². The minimum atomic E-state index is 0.298. The third-order valence-electron chi connectivity index (χ3n) is 3.27. The molecule has 0 bridgehead atoms. The molecule has 3 rings (SSSR count). The quantitative estimate of drug-likeness (QED) is 0.785.